The van der Waals surface area contributed by atoms with Crippen molar-refractivity contribution in [2.75, 3.05) is 19.7 Å². The highest BCUT2D eigenvalue weighted by molar-refractivity contribution is 9.10. The second kappa shape index (κ2) is 7.80. The predicted octanol–water partition coefficient (Wildman–Crippen LogP) is 2.73. The van der Waals surface area contributed by atoms with Crippen LogP contribution >= 0.6 is 15.9 Å². The van der Waals surface area contributed by atoms with E-state index in [1.165, 1.54) is 6.42 Å². The van der Waals surface area contributed by atoms with Crippen LogP contribution in [0.1, 0.15) is 31.7 Å². The SMILES string of the molecule is CC(N)Cc1ccc(OCC(=O)N2CCCCC2)c(Br)c1. The van der Waals surface area contributed by atoms with Crippen LogP contribution in [0, 0.1) is 0 Å². The van der Waals surface area contributed by atoms with Crippen molar-refractivity contribution in [2.45, 2.75) is 38.6 Å². The zero-order valence-electron chi connectivity index (χ0n) is 12.5. The molecule has 1 fully saturated rings. The molecule has 0 aliphatic carbocycles. The lowest BCUT2D eigenvalue weighted by Crippen LogP contribution is -2.38. The highest BCUT2D eigenvalue weighted by atomic mass is 79.9. The molecule has 2 N–H and O–H groups in total. The summed E-state index contributed by atoms with van der Waals surface area (Å²) in [6.45, 7) is 3.80. The molecule has 1 atom stereocenters. The van der Waals surface area contributed by atoms with Crippen LogP contribution in [-0.4, -0.2) is 36.5 Å². The van der Waals surface area contributed by atoms with E-state index < -0.39 is 0 Å². The number of carbonyl (C=O) groups is 1. The number of nitrogens with two attached hydrogens (primary N) is 1. The second-order valence-corrected chi connectivity index (χ2v) is 6.53. The minimum absolute atomic E-state index is 0.0706. The average molecular weight is 355 g/mol. The number of nitrogens with zero attached hydrogens (tertiary/aromatic N) is 1. The summed E-state index contributed by atoms with van der Waals surface area (Å²) in [5, 5.41) is 0. The standard InChI is InChI=1S/C16H23BrN2O2/c1-12(18)9-13-5-6-15(14(17)10-13)21-11-16(20)19-7-3-2-4-8-19/h5-6,10,12H,2-4,7-9,11,18H2,1H3. The third kappa shape index (κ3) is 5.00. The number of likely N-dealkylation sites (tertiary alicyclic amines) is 1. The summed E-state index contributed by atoms with van der Waals surface area (Å²) in [7, 11) is 0. The fourth-order valence-electron chi connectivity index (χ4n) is 2.53. The first-order valence-electron chi connectivity index (χ1n) is 7.51. The Hall–Kier alpha value is -1.07. The van der Waals surface area contributed by atoms with Crippen molar-refractivity contribution in [2.24, 2.45) is 5.73 Å². The van der Waals surface area contributed by atoms with Gasteiger partial charge in [0.05, 0.1) is 4.47 Å². The summed E-state index contributed by atoms with van der Waals surface area (Å²) in [6, 6.07) is 6.02. The number of benzene rings is 1. The normalized spacial score (nSPS) is 16.6. The molecule has 0 saturated carbocycles. The summed E-state index contributed by atoms with van der Waals surface area (Å²) in [6.07, 6.45) is 4.24. The minimum atomic E-state index is 0.0706. The summed E-state index contributed by atoms with van der Waals surface area (Å²) in [5.41, 5.74) is 6.96. The van der Waals surface area contributed by atoms with Gasteiger partial charge in [0.15, 0.2) is 6.61 Å². The number of amides is 1. The molecule has 0 aromatic heterocycles. The molecule has 116 valence electrons. The van der Waals surface area contributed by atoms with Gasteiger partial charge in [-0.15, -0.1) is 0 Å². The smallest absolute Gasteiger partial charge is 0.260 e. The Balaban J connectivity index is 1.89. The van der Waals surface area contributed by atoms with Gasteiger partial charge in [-0.2, -0.15) is 0 Å². The van der Waals surface area contributed by atoms with Crippen LogP contribution in [-0.2, 0) is 11.2 Å². The van der Waals surface area contributed by atoms with Crippen molar-refractivity contribution in [1.82, 2.24) is 4.90 Å². The molecular formula is C16H23BrN2O2. The summed E-state index contributed by atoms with van der Waals surface area (Å²) >= 11 is 3.49. The quantitative estimate of drug-likeness (QED) is 0.884. The molecule has 0 spiro atoms. The topological polar surface area (TPSA) is 55.6 Å². The van der Waals surface area contributed by atoms with Crippen LogP contribution in [0.25, 0.3) is 0 Å². The van der Waals surface area contributed by atoms with Crippen molar-refractivity contribution in [1.29, 1.82) is 0 Å². The Labute approximate surface area is 134 Å². The third-order valence-corrected chi connectivity index (χ3v) is 4.23. The second-order valence-electron chi connectivity index (χ2n) is 5.68. The van der Waals surface area contributed by atoms with Crippen LogP contribution in [0.3, 0.4) is 0 Å². The minimum Gasteiger partial charge on any atom is -0.483 e. The van der Waals surface area contributed by atoms with E-state index in [2.05, 4.69) is 15.9 Å². The zero-order valence-corrected chi connectivity index (χ0v) is 14.1. The van der Waals surface area contributed by atoms with E-state index in [9.17, 15) is 4.79 Å². The highest BCUT2D eigenvalue weighted by Crippen LogP contribution is 2.26. The number of hydrogen-bond donors (Lipinski definition) is 1. The predicted molar refractivity (Wildman–Crippen MR) is 87.4 cm³/mol. The van der Waals surface area contributed by atoms with Gasteiger partial charge in [0.25, 0.3) is 5.91 Å². The molecule has 1 unspecified atom stereocenters. The molecule has 5 heteroatoms. The largest absolute Gasteiger partial charge is 0.483 e. The third-order valence-electron chi connectivity index (χ3n) is 3.61. The van der Waals surface area contributed by atoms with E-state index in [0.29, 0.717) is 5.75 Å². The van der Waals surface area contributed by atoms with Crippen LogP contribution < -0.4 is 10.5 Å². The van der Waals surface area contributed by atoms with Crippen LogP contribution in [0.5, 0.6) is 5.75 Å². The van der Waals surface area contributed by atoms with E-state index in [0.717, 1.165) is 42.4 Å². The lowest BCUT2D eigenvalue weighted by atomic mass is 10.1. The number of hydrogen-bond acceptors (Lipinski definition) is 3. The fraction of sp³-hybridized carbons (Fsp3) is 0.562. The lowest BCUT2D eigenvalue weighted by molar-refractivity contribution is -0.134. The molecule has 1 amide bonds. The van der Waals surface area contributed by atoms with Gasteiger partial charge in [-0.1, -0.05) is 6.07 Å². The van der Waals surface area contributed by atoms with Gasteiger partial charge in [-0.25, -0.2) is 0 Å². The molecule has 1 aliphatic rings. The Morgan fingerprint density at radius 3 is 2.71 bits per heavy atom. The number of rotatable bonds is 5. The van der Waals surface area contributed by atoms with Gasteiger partial charge in [-0.05, 0) is 66.2 Å². The van der Waals surface area contributed by atoms with E-state index >= 15 is 0 Å². The summed E-state index contributed by atoms with van der Waals surface area (Å²) in [4.78, 5) is 14.0. The molecule has 21 heavy (non-hydrogen) atoms. The molecule has 1 aromatic rings. The Morgan fingerprint density at radius 1 is 1.38 bits per heavy atom. The first-order chi connectivity index (χ1) is 10.1. The van der Waals surface area contributed by atoms with Gasteiger partial charge in [0, 0.05) is 19.1 Å². The van der Waals surface area contributed by atoms with Crippen LogP contribution in [0.2, 0.25) is 0 Å². The van der Waals surface area contributed by atoms with E-state index in [-0.39, 0.29) is 18.6 Å². The van der Waals surface area contributed by atoms with Crippen LogP contribution in [0.15, 0.2) is 22.7 Å². The maximum Gasteiger partial charge on any atom is 0.260 e. The van der Waals surface area contributed by atoms with Gasteiger partial charge < -0.3 is 15.4 Å². The van der Waals surface area contributed by atoms with Crippen molar-refractivity contribution in [3.8, 4) is 5.75 Å². The monoisotopic (exact) mass is 354 g/mol. The Bertz CT molecular complexity index is 485. The number of halogens is 1. The number of ether oxygens (including phenoxy) is 1. The molecule has 0 radical (unpaired) electrons. The molecule has 1 saturated heterocycles. The number of carbonyl (C=O) groups excluding carboxylic acids is 1. The van der Waals surface area contributed by atoms with Crippen molar-refractivity contribution < 1.29 is 9.53 Å². The molecule has 1 aliphatic heterocycles. The van der Waals surface area contributed by atoms with Crippen molar-refractivity contribution in [3.05, 3.63) is 28.2 Å². The summed E-state index contributed by atoms with van der Waals surface area (Å²) in [5.74, 6) is 0.773. The molecule has 0 bridgehead atoms. The van der Waals surface area contributed by atoms with Gasteiger partial charge in [0.2, 0.25) is 0 Å². The van der Waals surface area contributed by atoms with Gasteiger partial charge in [0.1, 0.15) is 5.75 Å². The first kappa shape index (κ1) is 16.3. The van der Waals surface area contributed by atoms with E-state index in [4.69, 9.17) is 10.5 Å². The Kier molecular flexibility index (Phi) is 6.06. The highest BCUT2D eigenvalue weighted by Gasteiger charge is 2.17. The zero-order chi connectivity index (χ0) is 15.2. The van der Waals surface area contributed by atoms with E-state index in [1.54, 1.807) is 0 Å². The average Bonchev–Trinajstić information content (AvgIpc) is 2.46. The van der Waals surface area contributed by atoms with Crippen LogP contribution in [0.4, 0.5) is 0 Å². The molecule has 4 nitrogen and oxygen atoms in total. The molecular weight excluding hydrogens is 332 g/mol. The summed E-state index contributed by atoms with van der Waals surface area (Å²) < 4.78 is 6.51. The maximum absolute atomic E-state index is 12.1. The molecule has 1 heterocycles. The molecule has 2 rings (SSSR count). The molecule has 1 aromatic carbocycles. The van der Waals surface area contributed by atoms with E-state index in [1.807, 2.05) is 30.0 Å². The van der Waals surface area contributed by atoms with Crippen molar-refractivity contribution in [3.63, 3.8) is 0 Å². The lowest BCUT2D eigenvalue weighted by Gasteiger charge is -2.26. The van der Waals surface area contributed by atoms with Gasteiger partial charge in [-0.3, -0.25) is 4.79 Å². The fourth-order valence-corrected chi connectivity index (χ4v) is 3.07. The maximum atomic E-state index is 12.1. The van der Waals surface area contributed by atoms with Gasteiger partial charge >= 0.3 is 0 Å². The Morgan fingerprint density at radius 2 is 2.10 bits per heavy atom. The number of piperidine rings is 1. The first-order valence-corrected chi connectivity index (χ1v) is 8.30. The van der Waals surface area contributed by atoms with Crippen molar-refractivity contribution >= 4 is 21.8 Å².